The van der Waals surface area contributed by atoms with E-state index in [-0.39, 0.29) is 0 Å². The van der Waals surface area contributed by atoms with E-state index in [1.807, 2.05) is 17.7 Å². The Balaban J connectivity index is 2.56. The van der Waals surface area contributed by atoms with Crippen molar-refractivity contribution in [1.82, 2.24) is 9.97 Å². The van der Waals surface area contributed by atoms with Crippen LogP contribution < -0.4 is 5.73 Å². The normalized spacial score (nSPS) is 10.8. The topological polar surface area (TPSA) is 51.8 Å². The van der Waals surface area contributed by atoms with Crippen molar-refractivity contribution in [3.63, 3.8) is 0 Å². The summed E-state index contributed by atoms with van der Waals surface area (Å²) in [5.74, 6) is 2.23. The van der Waals surface area contributed by atoms with Crippen molar-refractivity contribution in [2.45, 2.75) is 5.75 Å². The summed E-state index contributed by atoms with van der Waals surface area (Å²) in [6, 6.07) is 1.96. The minimum Gasteiger partial charge on any atom is -0.383 e. The molecule has 0 spiro atoms. The first-order chi connectivity index (χ1) is 6.31. The molecule has 2 heterocycles. The fraction of sp³-hybridized carbons (Fsp3) is 0.250. The van der Waals surface area contributed by atoms with Crippen molar-refractivity contribution in [2.24, 2.45) is 0 Å². The van der Waals surface area contributed by atoms with E-state index < -0.39 is 0 Å². The smallest absolute Gasteiger partial charge is 0.142 e. The third kappa shape index (κ3) is 1.62. The van der Waals surface area contributed by atoms with Gasteiger partial charge in [-0.1, -0.05) is 0 Å². The Bertz CT molecular complexity index is 424. The number of nitrogens with zero attached hydrogens (tertiary/aromatic N) is 2. The molecular formula is C8H9N3S2. The van der Waals surface area contributed by atoms with Gasteiger partial charge in [0.15, 0.2) is 0 Å². The highest BCUT2D eigenvalue weighted by Crippen LogP contribution is 2.23. The Morgan fingerprint density at radius 2 is 2.38 bits per heavy atom. The summed E-state index contributed by atoms with van der Waals surface area (Å²) in [6.45, 7) is 0. The van der Waals surface area contributed by atoms with Gasteiger partial charge in [0, 0.05) is 0 Å². The number of rotatable bonds is 2. The van der Waals surface area contributed by atoms with E-state index in [9.17, 15) is 0 Å². The number of nitrogen functional groups attached to an aromatic ring is 1. The molecule has 2 rings (SSSR count). The number of anilines is 1. The molecule has 0 unspecified atom stereocenters. The summed E-state index contributed by atoms with van der Waals surface area (Å²) in [4.78, 5) is 9.59. The Kier molecular flexibility index (Phi) is 2.37. The van der Waals surface area contributed by atoms with Gasteiger partial charge in [0.2, 0.25) is 0 Å². The number of thiophene rings is 1. The average Bonchev–Trinajstić information content (AvgIpc) is 2.53. The van der Waals surface area contributed by atoms with Crippen LogP contribution in [0.15, 0.2) is 11.4 Å². The standard InChI is InChI=1S/C8H9N3S2/c1-12-4-6-10-7(9)5-2-3-13-8(5)11-6/h2-3H,4H2,1H3,(H2,9,10,11). The van der Waals surface area contributed by atoms with Crippen LogP contribution in [0, 0.1) is 0 Å². The molecule has 0 saturated heterocycles. The first-order valence-corrected chi connectivity index (χ1v) is 6.07. The maximum atomic E-state index is 5.78. The Hall–Kier alpha value is -0.810. The van der Waals surface area contributed by atoms with Gasteiger partial charge < -0.3 is 5.73 Å². The maximum absolute atomic E-state index is 5.78. The van der Waals surface area contributed by atoms with Gasteiger partial charge in [-0.25, -0.2) is 9.97 Å². The van der Waals surface area contributed by atoms with Gasteiger partial charge in [0.1, 0.15) is 16.5 Å². The molecule has 0 aliphatic carbocycles. The zero-order valence-corrected chi connectivity index (χ0v) is 8.78. The molecule has 0 aliphatic rings. The lowest BCUT2D eigenvalue weighted by atomic mass is 10.4. The van der Waals surface area contributed by atoms with E-state index >= 15 is 0 Å². The van der Waals surface area contributed by atoms with Crippen LogP contribution in [0.5, 0.6) is 0 Å². The number of aromatic nitrogens is 2. The van der Waals surface area contributed by atoms with E-state index in [4.69, 9.17) is 5.73 Å². The number of thioether (sulfide) groups is 1. The molecule has 68 valence electrons. The minimum atomic E-state index is 0.593. The molecule has 2 aromatic rings. The van der Waals surface area contributed by atoms with Crippen molar-refractivity contribution in [3.05, 3.63) is 17.3 Å². The van der Waals surface area contributed by atoms with E-state index in [1.165, 1.54) is 0 Å². The number of hydrogen-bond acceptors (Lipinski definition) is 5. The van der Waals surface area contributed by atoms with Gasteiger partial charge in [-0.3, -0.25) is 0 Å². The fourth-order valence-corrected chi connectivity index (χ4v) is 2.30. The summed E-state index contributed by atoms with van der Waals surface area (Å²) in [6.07, 6.45) is 2.03. The van der Waals surface area contributed by atoms with Crippen LogP contribution in [0.4, 0.5) is 5.82 Å². The highest BCUT2D eigenvalue weighted by molar-refractivity contribution is 7.97. The van der Waals surface area contributed by atoms with Crippen LogP contribution in [0.1, 0.15) is 5.82 Å². The van der Waals surface area contributed by atoms with E-state index in [2.05, 4.69) is 9.97 Å². The second-order valence-corrected chi connectivity index (χ2v) is 4.36. The van der Waals surface area contributed by atoms with Crippen LogP contribution in [-0.4, -0.2) is 16.2 Å². The quantitative estimate of drug-likeness (QED) is 0.826. The molecule has 0 atom stereocenters. The summed E-state index contributed by atoms with van der Waals surface area (Å²) < 4.78 is 0. The van der Waals surface area contributed by atoms with Gasteiger partial charge >= 0.3 is 0 Å². The SMILES string of the molecule is CSCc1nc(N)c2ccsc2n1. The van der Waals surface area contributed by atoms with Crippen LogP contribution >= 0.6 is 23.1 Å². The Morgan fingerprint density at radius 3 is 3.15 bits per heavy atom. The van der Waals surface area contributed by atoms with Crippen LogP contribution in [-0.2, 0) is 5.75 Å². The van der Waals surface area contributed by atoms with Crippen LogP contribution in [0.25, 0.3) is 10.2 Å². The molecule has 0 amide bonds. The lowest BCUT2D eigenvalue weighted by Gasteiger charge is -1.99. The average molecular weight is 211 g/mol. The fourth-order valence-electron chi connectivity index (χ4n) is 1.12. The van der Waals surface area contributed by atoms with Gasteiger partial charge in [0.25, 0.3) is 0 Å². The Morgan fingerprint density at radius 1 is 1.54 bits per heavy atom. The van der Waals surface area contributed by atoms with E-state index in [0.29, 0.717) is 5.82 Å². The van der Waals surface area contributed by atoms with Crippen molar-refractivity contribution < 1.29 is 0 Å². The second-order valence-electron chi connectivity index (χ2n) is 2.60. The summed E-state index contributed by atoms with van der Waals surface area (Å²) in [7, 11) is 0. The molecule has 2 aromatic heterocycles. The van der Waals surface area contributed by atoms with E-state index in [1.54, 1.807) is 23.1 Å². The summed E-state index contributed by atoms with van der Waals surface area (Å²) in [5, 5.41) is 2.95. The van der Waals surface area contributed by atoms with Gasteiger partial charge in [-0.2, -0.15) is 11.8 Å². The van der Waals surface area contributed by atoms with Crippen molar-refractivity contribution in [1.29, 1.82) is 0 Å². The monoisotopic (exact) mass is 211 g/mol. The lowest BCUT2D eigenvalue weighted by molar-refractivity contribution is 1.08. The van der Waals surface area contributed by atoms with E-state index in [0.717, 1.165) is 21.8 Å². The molecular weight excluding hydrogens is 202 g/mol. The zero-order valence-electron chi connectivity index (χ0n) is 7.15. The summed E-state index contributed by atoms with van der Waals surface area (Å²) >= 11 is 3.30. The molecule has 0 bridgehead atoms. The van der Waals surface area contributed by atoms with Crippen molar-refractivity contribution in [2.75, 3.05) is 12.0 Å². The Labute approximate surface area is 84.4 Å². The molecule has 5 heteroatoms. The first-order valence-electron chi connectivity index (χ1n) is 3.80. The molecule has 0 aliphatic heterocycles. The molecule has 3 nitrogen and oxygen atoms in total. The molecule has 0 aromatic carbocycles. The van der Waals surface area contributed by atoms with Crippen LogP contribution in [0.3, 0.4) is 0 Å². The third-order valence-corrected chi connectivity index (χ3v) is 3.03. The lowest BCUT2D eigenvalue weighted by Crippen LogP contribution is -1.97. The second kappa shape index (κ2) is 3.51. The van der Waals surface area contributed by atoms with Crippen molar-refractivity contribution in [3.8, 4) is 0 Å². The highest BCUT2D eigenvalue weighted by Gasteiger charge is 2.04. The van der Waals surface area contributed by atoms with Gasteiger partial charge in [-0.15, -0.1) is 11.3 Å². The number of hydrogen-bond donors (Lipinski definition) is 1. The summed E-state index contributed by atoms with van der Waals surface area (Å²) in [5.41, 5.74) is 5.78. The largest absolute Gasteiger partial charge is 0.383 e. The first kappa shape index (κ1) is 8.77. The maximum Gasteiger partial charge on any atom is 0.142 e. The third-order valence-electron chi connectivity index (χ3n) is 1.67. The van der Waals surface area contributed by atoms with Gasteiger partial charge in [-0.05, 0) is 17.7 Å². The minimum absolute atomic E-state index is 0.593. The number of fused-ring (bicyclic) bond motifs is 1. The van der Waals surface area contributed by atoms with Gasteiger partial charge in [0.05, 0.1) is 11.1 Å². The predicted molar refractivity (Wildman–Crippen MR) is 59.0 cm³/mol. The number of nitrogens with two attached hydrogens (primary N) is 1. The molecule has 0 fully saturated rings. The highest BCUT2D eigenvalue weighted by atomic mass is 32.2. The van der Waals surface area contributed by atoms with Crippen LogP contribution in [0.2, 0.25) is 0 Å². The molecule has 2 N–H and O–H groups in total. The molecule has 0 saturated carbocycles. The molecule has 13 heavy (non-hydrogen) atoms. The predicted octanol–water partition coefficient (Wildman–Crippen LogP) is 2.14. The van der Waals surface area contributed by atoms with Crippen molar-refractivity contribution >= 4 is 39.1 Å². The molecule has 0 radical (unpaired) electrons. The zero-order chi connectivity index (χ0) is 9.26.